The average Bonchev–Trinajstić information content (AvgIpc) is 2.94. The van der Waals surface area contributed by atoms with Crippen molar-refractivity contribution in [3.63, 3.8) is 0 Å². The SMILES string of the molecule is Cc1cc(C)cc(N2C[C@H](c3nnc(N)s3)CC2=O)c1. The molecular weight excluding hydrogens is 272 g/mol. The minimum atomic E-state index is 0.0955. The van der Waals surface area contributed by atoms with Crippen molar-refractivity contribution in [2.24, 2.45) is 0 Å². The van der Waals surface area contributed by atoms with Gasteiger partial charge in [-0.2, -0.15) is 0 Å². The van der Waals surface area contributed by atoms with Crippen molar-refractivity contribution in [1.29, 1.82) is 0 Å². The van der Waals surface area contributed by atoms with E-state index >= 15 is 0 Å². The van der Waals surface area contributed by atoms with Crippen LogP contribution in [0.2, 0.25) is 0 Å². The van der Waals surface area contributed by atoms with E-state index in [0.29, 0.717) is 18.1 Å². The van der Waals surface area contributed by atoms with Crippen molar-refractivity contribution >= 4 is 28.1 Å². The van der Waals surface area contributed by atoms with E-state index in [-0.39, 0.29) is 11.8 Å². The molecule has 1 aliphatic rings. The Kier molecular flexibility index (Phi) is 3.17. The molecule has 1 aliphatic heterocycles. The third-order valence-corrected chi connectivity index (χ3v) is 4.36. The Morgan fingerprint density at radius 2 is 1.95 bits per heavy atom. The third-order valence-electron chi connectivity index (χ3n) is 3.45. The van der Waals surface area contributed by atoms with Gasteiger partial charge in [-0.3, -0.25) is 4.79 Å². The van der Waals surface area contributed by atoms with E-state index in [9.17, 15) is 4.79 Å². The highest BCUT2D eigenvalue weighted by atomic mass is 32.1. The summed E-state index contributed by atoms with van der Waals surface area (Å²) < 4.78 is 0. The zero-order chi connectivity index (χ0) is 14.3. The first-order chi connectivity index (χ1) is 9.52. The molecule has 1 aromatic carbocycles. The summed E-state index contributed by atoms with van der Waals surface area (Å²) in [5, 5.41) is 9.19. The number of carbonyl (C=O) groups excluding carboxylic acids is 1. The molecule has 0 aliphatic carbocycles. The maximum atomic E-state index is 12.2. The molecule has 0 spiro atoms. The minimum absolute atomic E-state index is 0.0955. The summed E-state index contributed by atoms with van der Waals surface area (Å²) in [6.45, 7) is 4.73. The first kappa shape index (κ1) is 13.1. The Bertz CT molecular complexity index is 647. The molecule has 1 amide bonds. The molecule has 6 heteroatoms. The Labute approximate surface area is 121 Å². The molecule has 2 aromatic rings. The van der Waals surface area contributed by atoms with Gasteiger partial charge in [-0.15, -0.1) is 10.2 Å². The number of anilines is 2. The van der Waals surface area contributed by atoms with Crippen molar-refractivity contribution in [3.05, 3.63) is 34.3 Å². The van der Waals surface area contributed by atoms with Crippen molar-refractivity contribution in [2.45, 2.75) is 26.2 Å². The van der Waals surface area contributed by atoms with Gasteiger partial charge in [0.05, 0.1) is 0 Å². The summed E-state index contributed by atoms with van der Waals surface area (Å²) >= 11 is 1.37. The lowest BCUT2D eigenvalue weighted by molar-refractivity contribution is -0.117. The molecule has 5 nitrogen and oxygen atoms in total. The van der Waals surface area contributed by atoms with Gasteiger partial charge in [0.25, 0.3) is 0 Å². The number of amides is 1. The number of carbonyl (C=O) groups is 1. The number of hydrogen-bond donors (Lipinski definition) is 1. The molecule has 104 valence electrons. The highest BCUT2D eigenvalue weighted by Crippen LogP contribution is 2.34. The summed E-state index contributed by atoms with van der Waals surface area (Å²) in [5.74, 6) is 0.229. The van der Waals surface area contributed by atoms with Crippen LogP contribution < -0.4 is 10.6 Å². The summed E-state index contributed by atoms with van der Waals surface area (Å²) in [4.78, 5) is 14.1. The normalized spacial score (nSPS) is 18.8. The van der Waals surface area contributed by atoms with E-state index in [0.717, 1.165) is 21.8 Å². The van der Waals surface area contributed by atoms with Crippen LogP contribution >= 0.6 is 11.3 Å². The first-order valence-electron chi connectivity index (χ1n) is 6.50. The zero-order valence-corrected chi connectivity index (χ0v) is 12.3. The molecule has 1 fully saturated rings. The van der Waals surface area contributed by atoms with Gasteiger partial charge in [0.1, 0.15) is 5.01 Å². The monoisotopic (exact) mass is 288 g/mol. The van der Waals surface area contributed by atoms with Gasteiger partial charge in [-0.1, -0.05) is 17.4 Å². The van der Waals surface area contributed by atoms with Gasteiger partial charge in [-0.05, 0) is 37.1 Å². The van der Waals surface area contributed by atoms with Gasteiger partial charge in [0.2, 0.25) is 11.0 Å². The van der Waals surface area contributed by atoms with Crippen LogP contribution in [0.15, 0.2) is 18.2 Å². The van der Waals surface area contributed by atoms with Crippen LogP contribution in [0.25, 0.3) is 0 Å². The van der Waals surface area contributed by atoms with E-state index in [2.05, 4.69) is 16.3 Å². The van der Waals surface area contributed by atoms with Gasteiger partial charge in [0.15, 0.2) is 0 Å². The lowest BCUT2D eigenvalue weighted by Gasteiger charge is -2.17. The first-order valence-corrected chi connectivity index (χ1v) is 7.32. The van der Waals surface area contributed by atoms with Gasteiger partial charge in [-0.25, -0.2) is 0 Å². The van der Waals surface area contributed by atoms with Crippen LogP contribution in [0.5, 0.6) is 0 Å². The molecule has 1 atom stereocenters. The number of hydrogen-bond acceptors (Lipinski definition) is 5. The number of nitrogens with zero attached hydrogens (tertiary/aromatic N) is 3. The second-order valence-corrected chi connectivity index (χ2v) is 6.27. The fourth-order valence-corrected chi connectivity index (χ4v) is 3.34. The predicted molar refractivity (Wildman–Crippen MR) is 79.9 cm³/mol. The second-order valence-electron chi connectivity index (χ2n) is 5.23. The van der Waals surface area contributed by atoms with E-state index in [1.807, 2.05) is 30.9 Å². The Morgan fingerprint density at radius 1 is 1.25 bits per heavy atom. The molecule has 1 saturated heterocycles. The second kappa shape index (κ2) is 4.86. The third kappa shape index (κ3) is 2.38. The van der Waals surface area contributed by atoms with E-state index in [1.54, 1.807) is 0 Å². The smallest absolute Gasteiger partial charge is 0.227 e. The van der Waals surface area contributed by atoms with Crippen molar-refractivity contribution in [2.75, 3.05) is 17.2 Å². The fourth-order valence-electron chi connectivity index (χ4n) is 2.64. The van der Waals surface area contributed by atoms with E-state index in [4.69, 9.17) is 5.73 Å². The molecule has 0 radical (unpaired) electrons. The fraction of sp³-hybridized carbons (Fsp3) is 0.357. The van der Waals surface area contributed by atoms with Crippen LogP contribution in [0, 0.1) is 13.8 Å². The number of rotatable bonds is 2. The number of aromatic nitrogens is 2. The zero-order valence-electron chi connectivity index (χ0n) is 11.5. The molecule has 2 heterocycles. The van der Waals surface area contributed by atoms with Crippen molar-refractivity contribution < 1.29 is 4.79 Å². The summed E-state index contributed by atoms with van der Waals surface area (Å²) in [5.41, 5.74) is 8.90. The van der Waals surface area contributed by atoms with Gasteiger partial charge >= 0.3 is 0 Å². The highest BCUT2D eigenvalue weighted by molar-refractivity contribution is 7.15. The summed E-state index contributed by atoms with van der Waals surface area (Å²) in [6, 6.07) is 6.19. The number of nitrogen functional groups attached to an aromatic ring is 1. The van der Waals surface area contributed by atoms with Gasteiger partial charge in [0, 0.05) is 24.6 Å². The van der Waals surface area contributed by atoms with Crippen LogP contribution in [-0.2, 0) is 4.79 Å². The molecule has 3 rings (SSSR count). The molecule has 0 unspecified atom stereocenters. The maximum absolute atomic E-state index is 12.2. The predicted octanol–water partition coefficient (Wildman–Crippen LogP) is 2.26. The van der Waals surface area contributed by atoms with Crippen LogP contribution in [0.1, 0.15) is 28.5 Å². The van der Waals surface area contributed by atoms with Crippen molar-refractivity contribution in [3.8, 4) is 0 Å². The van der Waals surface area contributed by atoms with Crippen LogP contribution in [0.4, 0.5) is 10.8 Å². The molecule has 1 aromatic heterocycles. The van der Waals surface area contributed by atoms with E-state index in [1.165, 1.54) is 11.3 Å². The molecule has 2 N–H and O–H groups in total. The molecular formula is C14H16N4OS. The highest BCUT2D eigenvalue weighted by Gasteiger charge is 2.33. The lowest BCUT2D eigenvalue weighted by Crippen LogP contribution is -2.24. The van der Waals surface area contributed by atoms with Crippen molar-refractivity contribution in [1.82, 2.24) is 10.2 Å². The molecule has 0 saturated carbocycles. The Hall–Kier alpha value is -1.95. The topological polar surface area (TPSA) is 72.1 Å². The Balaban J connectivity index is 1.87. The van der Waals surface area contributed by atoms with Crippen LogP contribution in [0.3, 0.4) is 0 Å². The molecule has 0 bridgehead atoms. The van der Waals surface area contributed by atoms with Crippen LogP contribution in [-0.4, -0.2) is 22.6 Å². The maximum Gasteiger partial charge on any atom is 0.227 e. The summed E-state index contributed by atoms with van der Waals surface area (Å²) in [7, 11) is 0. The number of aryl methyl sites for hydroxylation is 2. The Morgan fingerprint density at radius 3 is 2.55 bits per heavy atom. The average molecular weight is 288 g/mol. The number of benzene rings is 1. The largest absolute Gasteiger partial charge is 0.374 e. The van der Waals surface area contributed by atoms with E-state index < -0.39 is 0 Å². The van der Waals surface area contributed by atoms with Gasteiger partial charge < -0.3 is 10.6 Å². The standard InChI is InChI=1S/C14H16N4OS/c1-8-3-9(2)5-11(4-8)18-7-10(6-12(18)19)13-16-17-14(15)20-13/h3-5,10H,6-7H2,1-2H3,(H2,15,17)/t10-/m1/s1. The molecule has 20 heavy (non-hydrogen) atoms. The lowest BCUT2D eigenvalue weighted by atomic mass is 10.1. The summed E-state index contributed by atoms with van der Waals surface area (Å²) in [6.07, 6.45) is 0.474. The quantitative estimate of drug-likeness (QED) is 0.920. The minimum Gasteiger partial charge on any atom is -0.374 e. The number of nitrogens with two attached hydrogens (primary N) is 1.